The van der Waals surface area contributed by atoms with Crippen LogP contribution in [0.5, 0.6) is 0 Å². The van der Waals surface area contributed by atoms with Gasteiger partial charge in [0, 0.05) is 13.1 Å². The summed E-state index contributed by atoms with van der Waals surface area (Å²) in [6, 6.07) is 0.347. The molecule has 1 saturated heterocycles. The average Bonchev–Trinajstić information content (AvgIpc) is 2.18. The Hall–Kier alpha value is -0.480. The molecule has 1 rings (SSSR count). The van der Waals surface area contributed by atoms with Crippen molar-refractivity contribution in [1.29, 1.82) is 0 Å². The molecule has 0 bridgehead atoms. The summed E-state index contributed by atoms with van der Waals surface area (Å²) < 4.78 is 4.92. The van der Waals surface area contributed by atoms with Gasteiger partial charge in [0.1, 0.15) is 0 Å². The zero-order chi connectivity index (χ0) is 9.68. The zero-order valence-corrected chi connectivity index (χ0v) is 9.60. The molecule has 0 aromatic carbocycles. The molecule has 1 fully saturated rings. The summed E-state index contributed by atoms with van der Waals surface area (Å²) in [4.78, 5) is 13.0. The largest absolute Gasteiger partial charge is 0.450 e. The van der Waals surface area contributed by atoms with Crippen molar-refractivity contribution in [2.45, 2.75) is 25.8 Å². The van der Waals surface area contributed by atoms with Gasteiger partial charge in [0.25, 0.3) is 0 Å². The monoisotopic (exact) mass is 222 g/mol. The quantitative estimate of drug-likeness (QED) is 0.765. The van der Waals surface area contributed by atoms with Gasteiger partial charge in [-0.15, -0.1) is 12.4 Å². The van der Waals surface area contributed by atoms with E-state index in [1.165, 1.54) is 0 Å². The molecule has 0 spiro atoms. The van der Waals surface area contributed by atoms with Crippen LogP contribution in [0.2, 0.25) is 0 Å². The van der Waals surface area contributed by atoms with E-state index >= 15 is 0 Å². The SMILES string of the molecule is CCOC(=O)N(C)C1CCNCC1.Cl. The third-order valence-electron chi connectivity index (χ3n) is 2.41. The third-order valence-corrected chi connectivity index (χ3v) is 2.41. The second-order valence-corrected chi connectivity index (χ2v) is 3.29. The van der Waals surface area contributed by atoms with Crippen LogP contribution in [-0.4, -0.2) is 43.8 Å². The minimum atomic E-state index is -0.200. The number of ether oxygens (including phenoxy) is 1. The molecule has 1 N–H and O–H groups in total. The maximum absolute atomic E-state index is 11.3. The number of carbonyl (C=O) groups excluding carboxylic acids is 1. The third kappa shape index (κ3) is 3.72. The van der Waals surface area contributed by atoms with Crippen LogP contribution < -0.4 is 5.32 Å². The Morgan fingerprint density at radius 2 is 2.07 bits per heavy atom. The van der Waals surface area contributed by atoms with Gasteiger partial charge in [0.15, 0.2) is 0 Å². The number of piperidine rings is 1. The van der Waals surface area contributed by atoms with Gasteiger partial charge in [-0.1, -0.05) is 0 Å². The van der Waals surface area contributed by atoms with Crippen LogP contribution >= 0.6 is 12.4 Å². The minimum Gasteiger partial charge on any atom is -0.450 e. The lowest BCUT2D eigenvalue weighted by molar-refractivity contribution is 0.0948. The highest BCUT2D eigenvalue weighted by atomic mass is 35.5. The van der Waals surface area contributed by atoms with Crippen LogP contribution in [0.1, 0.15) is 19.8 Å². The van der Waals surface area contributed by atoms with Gasteiger partial charge in [0.05, 0.1) is 6.61 Å². The first kappa shape index (κ1) is 13.5. The summed E-state index contributed by atoms with van der Waals surface area (Å²) in [6.45, 7) is 4.27. The number of nitrogens with zero attached hydrogens (tertiary/aromatic N) is 1. The summed E-state index contributed by atoms with van der Waals surface area (Å²) >= 11 is 0. The molecule has 0 aromatic heterocycles. The maximum atomic E-state index is 11.3. The van der Waals surface area contributed by atoms with Crippen molar-refractivity contribution in [1.82, 2.24) is 10.2 Å². The molecule has 1 amide bonds. The maximum Gasteiger partial charge on any atom is 0.409 e. The van der Waals surface area contributed by atoms with E-state index in [9.17, 15) is 4.79 Å². The zero-order valence-electron chi connectivity index (χ0n) is 8.78. The highest BCUT2D eigenvalue weighted by Crippen LogP contribution is 2.10. The Balaban J connectivity index is 0.00000169. The number of carbonyl (C=O) groups is 1. The molecule has 0 atom stereocenters. The van der Waals surface area contributed by atoms with E-state index in [1.807, 2.05) is 14.0 Å². The van der Waals surface area contributed by atoms with E-state index in [1.54, 1.807) is 4.90 Å². The first-order chi connectivity index (χ1) is 6.25. The van der Waals surface area contributed by atoms with Gasteiger partial charge in [-0.25, -0.2) is 4.79 Å². The lowest BCUT2D eigenvalue weighted by Gasteiger charge is -2.30. The van der Waals surface area contributed by atoms with Gasteiger partial charge in [-0.3, -0.25) is 0 Å². The number of nitrogens with one attached hydrogen (secondary N) is 1. The van der Waals surface area contributed by atoms with Gasteiger partial charge >= 0.3 is 6.09 Å². The number of hydrogen-bond donors (Lipinski definition) is 1. The van der Waals surface area contributed by atoms with E-state index in [-0.39, 0.29) is 18.5 Å². The van der Waals surface area contributed by atoms with E-state index in [4.69, 9.17) is 4.74 Å². The van der Waals surface area contributed by atoms with Crippen LogP contribution in [0.4, 0.5) is 4.79 Å². The predicted octanol–water partition coefficient (Wildman–Crippen LogP) is 1.25. The summed E-state index contributed by atoms with van der Waals surface area (Å²) in [5, 5.41) is 3.26. The second-order valence-electron chi connectivity index (χ2n) is 3.29. The van der Waals surface area contributed by atoms with E-state index in [0.29, 0.717) is 12.6 Å². The molecular formula is C9H19ClN2O2. The van der Waals surface area contributed by atoms with Crippen molar-refractivity contribution >= 4 is 18.5 Å². The van der Waals surface area contributed by atoms with E-state index in [2.05, 4.69) is 5.32 Å². The summed E-state index contributed by atoms with van der Waals surface area (Å²) in [7, 11) is 1.81. The molecule has 14 heavy (non-hydrogen) atoms. The van der Waals surface area contributed by atoms with Crippen LogP contribution in [0, 0.1) is 0 Å². The Labute approximate surface area is 91.4 Å². The fraction of sp³-hybridized carbons (Fsp3) is 0.889. The van der Waals surface area contributed by atoms with Gasteiger partial charge < -0.3 is 15.0 Å². The van der Waals surface area contributed by atoms with Crippen LogP contribution in [0.3, 0.4) is 0 Å². The molecule has 0 radical (unpaired) electrons. The first-order valence-corrected chi connectivity index (χ1v) is 4.86. The van der Waals surface area contributed by atoms with Crippen molar-refractivity contribution in [3.8, 4) is 0 Å². The molecule has 1 aliphatic rings. The van der Waals surface area contributed by atoms with Crippen LogP contribution in [0.15, 0.2) is 0 Å². The van der Waals surface area contributed by atoms with Crippen molar-refractivity contribution < 1.29 is 9.53 Å². The Morgan fingerprint density at radius 3 is 2.57 bits per heavy atom. The molecule has 0 unspecified atom stereocenters. The molecule has 1 heterocycles. The molecule has 4 nitrogen and oxygen atoms in total. The number of hydrogen-bond acceptors (Lipinski definition) is 3. The summed E-state index contributed by atoms with van der Waals surface area (Å²) in [6.07, 6.45) is 1.85. The second kappa shape index (κ2) is 6.90. The Bertz CT molecular complexity index is 172. The van der Waals surface area contributed by atoms with E-state index < -0.39 is 0 Å². The molecule has 1 aliphatic heterocycles. The molecular weight excluding hydrogens is 204 g/mol. The predicted molar refractivity (Wildman–Crippen MR) is 57.9 cm³/mol. The average molecular weight is 223 g/mol. The van der Waals surface area contributed by atoms with Crippen LogP contribution in [-0.2, 0) is 4.74 Å². The number of halogens is 1. The van der Waals surface area contributed by atoms with Gasteiger partial charge in [-0.2, -0.15) is 0 Å². The lowest BCUT2D eigenvalue weighted by atomic mass is 10.1. The normalized spacial score (nSPS) is 17.0. The topological polar surface area (TPSA) is 41.6 Å². The molecule has 0 saturated carbocycles. The fourth-order valence-corrected chi connectivity index (χ4v) is 1.57. The Kier molecular flexibility index (Phi) is 6.66. The molecule has 0 aliphatic carbocycles. The van der Waals surface area contributed by atoms with Crippen LogP contribution in [0.25, 0.3) is 0 Å². The molecule has 84 valence electrons. The van der Waals surface area contributed by atoms with Gasteiger partial charge in [-0.05, 0) is 32.9 Å². The first-order valence-electron chi connectivity index (χ1n) is 4.86. The Morgan fingerprint density at radius 1 is 1.50 bits per heavy atom. The highest BCUT2D eigenvalue weighted by molar-refractivity contribution is 5.85. The van der Waals surface area contributed by atoms with E-state index in [0.717, 1.165) is 25.9 Å². The van der Waals surface area contributed by atoms with Crippen molar-refractivity contribution in [3.05, 3.63) is 0 Å². The van der Waals surface area contributed by atoms with Gasteiger partial charge in [0.2, 0.25) is 0 Å². The highest BCUT2D eigenvalue weighted by Gasteiger charge is 2.22. The smallest absolute Gasteiger partial charge is 0.409 e. The minimum absolute atomic E-state index is 0. The fourth-order valence-electron chi connectivity index (χ4n) is 1.57. The standard InChI is InChI=1S/C9H18N2O2.ClH/c1-3-13-9(12)11(2)8-4-6-10-7-5-8;/h8,10H,3-7H2,1-2H3;1H. The van der Waals surface area contributed by atoms with Crippen molar-refractivity contribution in [3.63, 3.8) is 0 Å². The number of rotatable bonds is 2. The summed E-state index contributed by atoms with van der Waals surface area (Å²) in [5.41, 5.74) is 0. The lowest BCUT2D eigenvalue weighted by Crippen LogP contribution is -2.44. The van der Waals surface area contributed by atoms with Crippen molar-refractivity contribution in [2.75, 3.05) is 26.7 Å². The summed E-state index contributed by atoms with van der Waals surface area (Å²) in [5.74, 6) is 0. The van der Waals surface area contributed by atoms with Crippen molar-refractivity contribution in [2.24, 2.45) is 0 Å². The molecule has 0 aromatic rings. The number of amides is 1. The molecule has 5 heteroatoms.